The van der Waals surface area contributed by atoms with Crippen molar-refractivity contribution in [3.8, 4) is 28.7 Å². The van der Waals surface area contributed by atoms with Crippen LogP contribution in [0.3, 0.4) is 0 Å². The van der Waals surface area contributed by atoms with E-state index < -0.39 is 0 Å². The number of aryl methyl sites for hydroxylation is 6. The summed E-state index contributed by atoms with van der Waals surface area (Å²) in [6, 6.07) is 18.4. The third-order valence-electron chi connectivity index (χ3n) is 6.27. The maximum absolute atomic E-state index is 10.6. The Balaban J connectivity index is 1.98. The van der Waals surface area contributed by atoms with Crippen molar-refractivity contribution in [2.45, 2.75) is 41.5 Å². The lowest BCUT2D eigenvalue weighted by molar-refractivity contribution is 0.459. The van der Waals surface area contributed by atoms with Gasteiger partial charge in [-0.1, -0.05) is 24.3 Å². The maximum Gasteiger partial charge on any atom is 0.151 e. The van der Waals surface area contributed by atoms with Gasteiger partial charge in [0.05, 0.1) is 17.1 Å². The number of benzene rings is 4. The Kier molecular flexibility index (Phi) is 6.35. The van der Waals surface area contributed by atoms with E-state index in [2.05, 4.69) is 0 Å². The van der Waals surface area contributed by atoms with Gasteiger partial charge in [-0.15, -0.1) is 0 Å². The van der Waals surface area contributed by atoms with Crippen LogP contribution in [0.5, 0.6) is 28.7 Å². The van der Waals surface area contributed by atoms with Crippen molar-refractivity contribution in [2.24, 2.45) is 0 Å². The minimum absolute atomic E-state index is 0.188. The first kappa shape index (κ1) is 24.0. The second kappa shape index (κ2) is 9.26. The van der Waals surface area contributed by atoms with E-state index in [0.717, 1.165) is 50.4 Å². The molecule has 0 saturated heterocycles. The first-order valence-electron chi connectivity index (χ1n) is 11.5. The highest BCUT2D eigenvalue weighted by Crippen LogP contribution is 2.47. The van der Waals surface area contributed by atoms with Crippen molar-refractivity contribution in [1.82, 2.24) is 0 Å². The van der Waals surface area contributed by atoms with Gasteiger partial charge in [-0.2, -0.15) is 0 Å². The second-order valence-corrected chi connectivity index (χ2v) is 9.16. The molecule has 0 bridgehead atoms. The number of nitrogens with zero attached hydrogens (tertiary/aromatic N) is 1. The van der Waals surface area contributed by atoms with Crippen LogP contribution in [0.25, 0.3) is 0 Å². The van der Waals surface area contributed by atoms with Crippen LogP contribution in [0.1, 0.15) is 33.4 Å². The average Bonchev–Trinajstić information content (AvgIpc) is 2.78. The number of hydrogen-bond donors (Lipinski definition) is 3. The van der Waals surface area contributed by atoms with Gasteiger partial charge in [-0.25, -0.2) is 0 Å². The molecule has 0 aliphatic carbocycles. The highest BCUT2D eigenvalue weighted by molar-refractivity contribution is 5.84. The molecule has 5 nitrogen and oxygen atoms in total. The van der Waals surface area contributed by atoms with Crippen LogP contribution in [0, 0.1) is 41.5 Å². The van der Waals surface area contributed by atoms with E-state index in [1.807, 2.05) is 82.8 Å². The minimum atomic E-state index is 0.188. The number of phenolic OH excluding ortho intramolecular Hbond substituents is 3. The van der Waals surface area contributed by atoms with Crippen molar-refractivity contribution in [1.29, 1.82) is 0 Å². The van der Waals surface area contributed by atoms with E-state index in [9.17, 15) is 15.3 Å². The molecular formula is C30H31NO4. The molecule has 4 rings (SSSR count). The Labute approximate surface area is 206 Å². The number of aromatic hydroxyl groups is 3. The first-order chi connectivity index (χ1) is 16.6. The van der Waals surface area contributed by atoms with Crippen LogP contribution in [0.15, 0.2) is 60.7 Å². The number of anilines is 3. The van der Waals surface area contributed by atoms with Crippen molar-refractivity contribution in [3.05, 3.63) is 94.0 Å². The standard InChI is InChI=1S/C30H31NO4/c1-17-11-19(3)27(33)15-25(17)31(26-16-28(34)20(4)12-18(26)2)24-9-7-8-10-29(24)35-30-21(5)13-23(32)14-22(30)6/h7-16,32-34H,1-6H3. The van der Waals surface area contributed by atoms with Gasteiger partial charge in [0.2, 0.25) is 0 Å². The molecule has 4 aromatic carbocycles. The molecule has 3 N–H and O–H groups in total. The summed E-state index contributed by atoms with van der Waals surface area (Å²) in [6.07, 6.45) is 0. The molecule has 4 aromatic rings. The van der Waals surface area contributed by atoms with E-state index in [1.165, 1.54) is 0 Å². The zero-order valence-electron chi connectivity index (χ0n) is 21.0. The number of hydrogen-bond acceptors (Lipinski definition) is 5. The van der Waals surface area contributed by atoms with Crippen molar-refractivity contribution < 1.29 is 20.1 Å². The van der Waals surface area contributed by atoms with Gasteiger partial charge in [0.1, 0.15) is 23.0 Å². The lowest BCUT2D eigenvalue weighted by atomic mass is 10.0. The van der Waals surface area contributed by atoms with Crippen LogP contribution in [-0.4, -0.2) is 15.3 Å². The zero-order chi connectivity index (χ0) is 25.4. The van der Waals surface area contributed by atoms with Gasteiger partial charge in [-0.3, -0.25) is 0 Å². The largest absolute Gasteiger partial charge is 0.508 e. The molecule has 0 aliphatic heterocycles. The van der Waals surface area contributed by atoms with Gasteiger partial charge < -0.3 is 25.0 Å². The molecule has 0 amide bonds. The lowest BCUT2D eigenvalue weighted by Gasteiger charge is -2.31. The van der Waals surface area contributed by atoms with Gasteiger partial charge in [-0.05, 0) is 99.2 Å². The van der Waals surface area contributed by atoms with Crippen molar-refractivity contribution >= 4 is 17.1 Å². The predicted octanol–water partition coefficient (Wildman–Crippen LogP) is 7.92. The fourth-order valence-corrected chi connectivity index (χ4v) is 4.46. The van der Waals surface area contributed by atoms with Crippen molar-refractivity contribution in [3.63, 3.8) is 0 Å². The zero-order valence-corrected chi connectivity index (χ0v) is 21.0. The molecule has 0 atom stereocenters. The van der Waals surface area contributed by atoms with Gasteiger partial charge in [0.15, 0.2) is 5.75 Å². The third-order valence-corrected chi connectivity index (χ3v) is 6.27. The summed E-state index contributed by atoms with van der Waals surface area (Å²) in [7, 11) is 0. The summed E-state index contributed by atoms with van der Waals surface area (Å²) in [6.45, 7) is 11.5. The monoisotopic (exact) mass is 469 g/mol. The molecule has 5 heteroatoms. The number of rotatable bonds is 5. The number of phenols is 3. The minimum Gasteiger partial charge on any atom is -0.508 e. The van der Waals surface area contributed by atoms with Gasteiger partial charge >= 0.3 is 0 Å². The summed E-state index contributed by atoms with van der Waals surface area (Å²) in [5.74, 6) is 1.84. The lowest BCUT2D eigenvalue weighted by Crippen LogP contribution is -2.14. The summed E-state index contributed by atoms with van der Waals surface area (Å²) >= 11 is 0. The molecule has 0 aliphatic rings. The molecule has 0 saturated carbocycles. The van der Waals surface area contributed by atoms with Crippen LogP contribution < -0.4 is 9.64 Å². The highest BCUT2D eigenvalue weighted by atomic mass is 16.5. The summed E-state index contributed by atoms with van der Waals surface area (Å²) < 4.78 is 6.46. The normalized spacial score (nSPS) is 10.9. The van der Waals surface area contributed by atoms with Crippen LogP contribution in [-0.2, 0) is 0 Å². The summed E-state index contributed by atoms with van der Waals surface area (Å²) in [5.41, 5.74) is 7.43. The Morgan fingerprint density at radius 2 is 1.03 bits per heavy atom. The fourth-order valence-electron chi connectivity index (χ4n) is 4.46. The molecule has 35 heavy (non-hydrogen) atoms. The average molecular weight is 470 g/mol. The number of para-hydroxylation sites is 2. The maximum atomic E-state index is 10.6. The SMILES string of the molecule is Cc1cc(C)c(N(c2cc(O)c(C)cc2C)c2ccccc2Oc2c(C)cc(O)cc2C)cc1O. The van der Waals surface area contributed by atoms with Gasteiger partial charge in [0, 0.05) is 12.1 Å². The molecule has 0 unspecified atom stereocenters. The van der Waals surface area contributed by atoms with Crippen molar-refractivity contribution in [2.75, 3.05) is 4.90 Å². The summed E-state index contributed by atoms with van der Waals surface area (Å²) in [5, 5.41) is 31.2. The van der Waals surface area contributed by atoms with Crippen LogP contribution in [0.2, 0.25) is 0 Å². The molecular weight excluding hydrogens is 438 g/mol. The third kappa shape index (κ3) is 4.62. The summed E-state index contributed by atoms with van der Waals surface area (Å²) in [4.78, 5) is 2.00. The number of ether oxygens (including phenoxy) is 1. The van der Waals surface area contributed by atoms with E-state index in [4.69, 9.17) is 4.74 Å². The molecule has 0 heterocycles. The molecule has 0 fully saturated rings. The first-order valence-corrected chi connectivity index (χ1v) is 11.5. The highest BCUT2D eigenvalue weighted by Gasteiger charge is 2.23. The Hall–Kier alpha value is -4.12. The Morgan fingerprint density at radius 3 is 1.54 bits per heavy atom. The molecule has 180 valence electrons. The quantitative estimate of drug-likeness (QED) is 0.277. The Morgan fingerprint density at radius 1 is 0.543 bits per heavy atom. The molecule has 0 aromatic heterocycles. The molecule has 0 radical (unpaired) electrons. The predicted molar refractivity (Wildman–Crippen MR) is 141 cm³/mol. The van der Waals surface area contributed by atoms with E-state index in [1.54, 1.807) is 24.3 Å². The topological polar surface area (TPSA) is 73.2 Å². The smallest absolute Gasteiger partial charge is 0.151 e. The van der Waals surface area contributed by atoms with Gasteiger partial charge in [0.25, 0.3) is 0 Å². The fraction of sp³-hybridized carbons (Fsp3) is 0.200. The van der Waals surface area contributed by atoms with Crippen LogP contribution in [0.4, 0.5) is 17.1 Å². The van der Waals surface area contributed by atoms with E-state index in [0.29, 0.717) is 11.5 Å². The second-order valence-electron chi connectivity index (χ2n) is 9.16. The van der Waals surface area contributed by atoms with Crippen LogP contribution >= 0.6 is 0 Å². The Bertz CT molecular complexity index is 1340. The van der Waals surface area contributed by atoms with E-state index >= 15 is 0 Å². The molecule has 0 spiro atoms. The van der Waals surface area contributed by atoms with E-state index in [-0.39, 0.29) is 17.2 Å².